The summed E-state index contributed by atoms with van der Waals surface area (Å²) >= 11 is 0. The molecule has 21 nitrogen and oxygen atoms in total. The van der Waals surface area contributed by atoms with Crippen LogP contribution in [0.5, 0.6) is 0 Å². The molecule has 6 rings (SSSR count). The number of nitrogens with zero attached hydrogens (tertiary/aromatic N) is 5. The van der Waals surface area contributed by atoms with Crippen LogP contribution in [0, 0.1) is 0 Å². The van der Waals surface area contributed by atoms with E-state index >= 15 is 0 Å². The molecule has 1 aromatic carbocycles. The van der Waals surface area contributed by atoms with Crippen molar-refractivity contribution in [2.24, 2.45) is 0 Å². The van der Waals surface area contributed by atoms with Gasteiger partial charge in [0.25, 0.3) is 11.5 Å². The van der Waals surface area contributed by atoms with Crippen molar-refractivity contribution in [3.63, 3.8) is 0 Å². The maximum absolute atomic E-state index is 13.2. The van der Waals surface area contributed by atoms with E-state index in [1.165, 1.54) is 28.1 Å². The lowest BCUT2D eigenvalue weighted by Crippen LogP contribution is -2.58. The van der Waals surface area contributed by atoms with E-state index in [2.05, 4.69) is 35.9 Å². The van der Waals surface area contributed by atoms with Crippen molar-refractivity contribution in [2.45, 2.75) is 81.9 Å². The van der Waals surface area contributed by atoms with Crippen molar-refractivity contribution in [3.8, 4) is 0 Å². The molecule has 0 radical (unpaired) electrons. The highest BCUT2D eigenvalue weighted by atomic mass is 16.4. The standard InChI is InChI=1S/C31H34N10O9.CO2/c1-14-26(45)41-21(29(49)50)10-11-31(41)39-19(27(46)40(14)31)8-6-18(42)7-9-20(28(47)48)36-24(43)15-2-4-16(5-3-15)33-12-17-13-34-23-22(35-17)25(44)38-30(32)37-23;2-1-3/h2-5,13-14,19-21,33,39H,6-12H2,1H3,(H,36,43)(H,47,48)(H,49,50)(H3,32,34,37,38,44);/t14?,19?,20?,21?,31-;/m0./s1. The fourth-order valence-electron chi connectivity index (χ4n) is 6.80. The van der Waals surface area contributed by atoms with Crippen LogP contribution >= 0.6 is 0 Å². The fraction of sp³-hybridized carbons (Fsp3) is 0.406. The number of rotatable bonds is 13. The Hall–Kier alpha value is -6.60. The number of aliphatic carboxylic acids is 2. The number of nitrogens with one attached hydrogen (secondary N) is 4. The van der Waals surface area contributed by atoms with Crippen LogP contribution in [0.1, 0.15) is 61.5 Å². The highest BCUT2D eigenvalue weighted by Gasteiger charge is 2.68. The van der Waals surface area contributed by atoms with Crippen LogP contribution in [0.15, 0.2) is 35.3 Å². The van der Waals surface area contributed by atoms with E-state index in [1.807, 2.05) is 0 Å². The highest BCUT2D eigenvalue weighted by molar-refractivity contribution is 5.99. The third kappa shape index (κ3) is 7.55. The zero-order valence-electron chi connectivity index (χ0n) is 28.0. The summed E-state index contributed by atoms with van der Waals surface area (Å²) in [6.07, 6.45) is 1.76. The summed E-state index contributed by atoms with van der Waals surface area (Å²) in [5.74, 6) is -5.61. The molecule has 8 N–H and O–H groups in total. The molecule has 3 aliphatic heterocycles. The Labute approximate surface area is 298 Å². The van der Waals surface area contributed by atoms with Gasteiger partial charge < -0.3 is 26.6 Å². The predicted molar refractivity (Wildman–Crippen MR) is 177 cm³/mol. The monoisotopic (exact) mass is 734 g/mol. The van der Waals surface area contributed by atoms with Crippen LogP contribution in [0.2, 0.25) is 0 Å². The number of carbonyl (C=O) groups is 6. The minimum Gasteiger partial charge on any atom is -0.480 e. The summed E-state index contributed by atoms with van der Waals surface area (Å²) in [6, 6.07) is 2.10. The number of H-pyrrole nitrogens is 1. The van der Waals surface area contributed by atoms with Crippen molar-refractivity contribution in [2.75, 3.05) is 11.1 Å². The van der Waals surface area contributed by atoms with Crippen molar-refractivity contribution in [3.05, 3.63) is 52.1 Å². The zero-order chi connectivity index (χ0) is 38.6. The molecular formula is C32H34N10O11. The number of hydrogen-bond acceptors (Lipinski definition) is 15. The second-order valence-corrected chi connectivity index (χ2v) is 12.5. The number of aromatic nitrogens is 4. The number of anilines is 2. The molecule has 0 aliphatic carbocycles. The molecule has 2 aromatic heterocycles. The molecule has 278 valence electrons. The Morgan fingerprint density at radius 3 is 2.42 bits per heavy atom. The lowest BCUT2D eigenvalue weighted by molar-refractivity contribution is -0.191. The molecule has 5 atom stereocenters. The van der Waals surface area contributed by atoms with Crippen LogP contribution in [-0.2, 0) is 40.1 Å². The number of carbonyl (C=O) groups excluding carboxylic acids is 6. The Morgan fingerprint density at radius 2 is 1.75 bits per heavy atom. The number of Topliss-reactive ketones (excluding diaryl/α,β-unsaturated/α-hetero) is 1. The van der Waals surface area contributed by atoms with Gasteiger partial charge in [-0.15, -0.1) is 0 Å². The van der Waals surface area contributed by atoms with Crippen LogP contribution < -0.4 is 27.2 Å². The Bertz CT molecular complexity index is 2070. The van der Waals surface area contributed by atoms with E-state index in [9.17, 15) is 43.8 Å². The van der Waals surface area contributed by atoms with Gasteiger partial charge in [0.2, 0.25) is 17.8 Å². The van der Waals surface area contributed by atoms with Crippen LogP contribution in [0.3, 0.4) is 0 Å². The molecule has 3 aliphatic rings. The van der Waals surface area contributed by atoms with Gasteiger partial charge in [0.15, 0.2) is 17.0 Å². The number of nitrogen functional groups attached to an aromatic ring is 1. The van der Waals surface area contributed by atoms with Gasteiger partial charge in [0.1, 0.15) is 23.9 Å². The van der Waals surface area contributed by atoms with E-state index < -0.39 is 65.2 Å². The van der Waals surface area contributed by atoms with E-state index in [0.717, 1.165) is 0 Å². The average molecular weight is 735 g/mol. The average Bonchev–Trinajstić information content (AvgIpc) is 3.70. The first-order valence-electron chi connectivity index (χ1n) is 16.3. The van der Waals surface area contributed by atoms with Gasteiger partial charge >= 0.3 is 18.1 Å². The molecule has 3 aromatic rings. The van der Waals surface area contributed by atoms with Gasteiger partial charge in [-0.05, 0) is 50.5 Å². The summed E-state index contributed by atoms with van der Waals surface area (Å²) in [4.78, 5) is 121. The second kappa shape index (κ2) is 15.3. The third-order valence-corrected chi connectivity index (χ3v) is 9.22. The predicted octanol–water partition coefficient (Wildman–Crippen LogP) is -1.43. The number of aromatic amines is 1. The Morgan fingerprint density at radius 1 is 1.06 bits per heavy atom. The number of benzene rings is 1. The molecule has 53 heavy (non-hydrogen) atoms. The molecule has 3 fully saturated rings. The maximum atomic E-state index is 13.2. The third-order valence-electron chi connectivity index (χ3n) is 9.22. The van der Waals surface area contributed by atoms with Crippen molar-refractivity contribution in [1.29, 1.82) is 0 Å². The normalized spacial score (nSPS) is 21.9. The number of nitrogens with two attached hydrogens (primary N) is 1. The number of amides is 3. The summed E-state index contributed by atoms with van der Waals surface area (Å²) < 4.78 is 0. The molecular weight excluding hydrogens is 700 g/mol. The van der Waals surface area contributed by atoms with Crippen molar-refractivity contribution >= 4 is 64.4 Å². The summed E-state index contributed by atoms with van der Waals surface area (Å²) in [6.45, 7) is 1.74. The molecule has 0 bridgehead atoms. The number of fused-ring (bicyclic) bond motifs is 1. The van der Waals surface area contributed by atoms with E-state index in [4.69, 9.17) is 15.3 Å². The van der Waals surface area contributed by atoms with Gasteiger partial charge in [-0.2, -0.15) is 14.6 Å². The van der Waals surface area contributed by atoms with Gasteiger partial charge in [-0.3, -0.25) is 44.1 Å². The topological polar surface area (TPSA) is 317 Å². The first-order chi connectivity index (χ1) is 25.2. The number of ketones is 1. The minimum absolute atomic E-state index is 0.0345. The number of carboxylic acids is 2. The minimum atomic E-state index is -1.36. The van der Waals surface area contributed by atoms with Crippen molar-refractivity contribution < 1.29 is 48.6 Å². The van der Waals surface area contributed by atoms with Crippen LogP contribution in [0.25, 0.3) is 11.2 Å². The van der Waals surface area contributed by atoms with Crippen LogP contribution in [-0.4, -0.2) is 111 Å². The van der Waals surface area contributed by atoms with Gasteiger partial charge in [0, 0.05) is 30.5 Å². The molecule has 1 spiro atoms. The summed E-state index contributed by atoms with van der Waals surface area (Å²) in [5, 5.41) is 28.0. The fourth-order valence-corrected chi connectivity index (χ4v) is 6.80. The van der Waals surface area contributed by atoms with Gasteiger partial charge in [-0.25, -0.2) is 19.6 Å². The van der Waals surface area contributed by atoms with E-state index in [0.29, 0.717) is 11.4 Å². The number of carboxylic acid groups (broad SMARTS) is 2. The largest absolute Gasteiger partial charge is 0.480 e. The molecule has 5 heterocycles. The Kier molecular flexibility index (Phi) is 10.9. The smallest absolute Gasteiger partial charge is 0.373 e. The van der Waals surface area contributed by atoms with E-state index in [-0.39, 0.29) is 79.7 Å². The lowest BCUT2D eigenvalue weighted by atomic mass is 10.0. The van der Waals surface area contributed by atoms with Crippen LogP contribution in [0.4, 0.5) is 11.6 Å². The molecule has 3 saturated heterocycles. The van der Waals surface area contributed by atoms with E-state index in [1.54, 1.807) is 19.1 Å². The zero-order valence-corrected chi connectivity index (χ0v) is 28.0. The maximum Gasteiger partial charge on any atom is 0.373 e. The molecule has 21 heteroatoms. The quantitative estimate of drug-likeness (QED) is 0.106. The first-order valence-corrected chi connectivity index (χ1v) is 16.3. The SMILES string of the molecule is CC1C(=O)N2C(C(=O)O)CC[C@@]23NC(CCC(=O)CCC(NC(=O)c2ccc(NCc4cnc5nc(N)[nH]c(=O)c5n4)cc2)C(=O)O)C(=O)N13.O=C=O. The van der Waals surface area contributed by atoms with Crippen molar-refractivity contribution in [1.82, 2.24) is 40.4 Å². The van der Waals surface area contributed by atoms with Gasteiger partial charge in [-0.1, -0.05) is 0 Å². The lowest BCUT2D eigenvalue weighted by Gasteiger charge is -2.34. The first kappa shape index (κ1) is 37.7. The molecule has 4 unspecified atom stereocenters. The summed E-state index contributed by atoms with van der Waals surface area (Å²) in [7, 11) is 0. The molecule has 0 saturated carbocycles. The van der Waals surface area contributed by atoms with Gasteiger partial charge in [0.05, 0.1) is 24.5 Å². The summed E-state index contributed by atoms with van der Waals surface area (Å²) in [5.41, 5.74) is 6.38. The second-order valence-electron chi connectivity index (χ2n) is 12.5. The Balaban J connectivity index is 0.00000175. The highest BCUT2D eigenvalue weighted by Crippen LogP contribution is 2.46. The molecule has 3 amide bonds. The number of hydrogen-bond donors (Lipinski definition) is 7.